The van der Waals surface area contributed by atoms with Crippen LogP contribution in [0.5, 0.6) is 0 Å². The lowest BCUT2D eigenvalue weighted by Gasteiger charge is -2.38. The van der Waals surface area contributed by atoms with Crippen LogP contribution in [0.2, 0.25) is 0 Å². The molecule has 4 rings (SSSR count). The number of amides is 2. The Bertz CT molecular complexity index is 1070. The normalized spacial score (nSPS) is 18.6. The smallest absolute Gasteiger partial charge is 0.271 e. The molecule has 2 amide bonds. The number of hydrogen-bond acceptors (Lipinski definition) is 3. The van der Waals surface area contributed by atoms with E-state index in [0.29, 0.717) is 11.1 Å². The Morgan fingerprint density at radius 3 is 2.90 bits per heavy atom. The minimum absolute atomic E-state index is 0.101. The maximum atomic E-state index is 14.2. The average Bonchev–Trinajstić information content (AvgIpc) is 3.36. The van der Waals surface area contributed by atoms with Crippen LogP contribution in [0.15, 0.2) is 55.4 Å². The highest BCUT2D eigenvalue weighted by Crippen LogP contribution is 2.31. The number of hydrogen-bond donors (Lipinski definition) is 2. The van der Waals surface area contributed by atoms with E-state index < -0.39 is 24.3 Å². The Hall–Kier alpha value is -3.49. The molecule has 9 heteroatoms. The third-order valence-corrected chi connectivity index (χ3v) is 5.10. The number of piperidine rings is 1. The van der Waals surface area contributed by atoms with Crippen molar-refractivity contribution in [1.29, 1.82) is 0 Å². The molecule has 1 aliphatic heterocycles. The van der Waals surface area contributed by atoms with Gasteiger partial charge < -0.3 is 14.6 Å². The Balaban J connectivity index is 1.67. The first kappa shape index (κ1) is 18.9. The zero-order valence-corrected chi connectivity index (χ0v) is 15.4. The minimum atomic E-state index is -3.10. The van der Waals surface area contributed by atoms with Crippen molar-refractivity contribution in [1.82, 2.24) is 24.8 Å². The number of carbonyl (C=O) groups excluding carboxylic acids is 2. The molecule has 1 saturated heterocycles. The molecule has 1 aliphatic rings. The van der Waals surface area contributed by atoms with Gasteiger partial charge in [0.1, 0.15) is 6.04 Å². The van der Waals surface area contributed by atoms with Crippen molar-refractivity contribution in [2.24, 2.45) is 0 Å². The summed E-state index contributed by atoms with van der Waals surface area (Å²) in [4.78, 5) is 26.1. The molecule has 3 aromatic rings. The Kier molecular flexibility index (Phi) is 4.65. The monoisotopic (exact) mass is 399 g/mol. The lowest BCUT2D eigenvalue weighted by Crippen LogP contribution is -2.59. The molecule has 4 heterocycles. The highest BCUT2D eigenvalue weighted by Gasteiger charge is 2.46. The summed E-state index contributed by atoms with van der Waals surface area (Å²) in [5, 5.41) is 9.06. The highest BCUT2D eigenvalue weighted by atomic mass is 19.3. The SMILES string of the molecule is C=CC(=O)NC1CN(C(=O)c2cc(-c3ccn[nH]3)n3ccccc23)CCC1(F)F. The summed E-state index contributed by atoms with van der Waals surface area (Å²) >= 11 is 0. The zero-order valence-electron chi connectivity index (χ0n) is 15.4. The van der Waals surface area contributed by atoms with Crippen LogP contribution in [0.1, 0.15) is 16.8 Å². The van der Waals surface area contributed by atoms with Gasteiger partial charge in [-0.25, -0.2) is 8.78 Å². The van der Waals surface area contributed by atoms with Gasteiger partial charge in [0.15, 0.2) is 0 Å². The van der Waals surface area contributed by atoms with Gasteiger partial charge in [-0.15, -0.1) is 0 Å². The second kappa shape index (κ2) is 7.16. The van der Waals surface area contributed by atoms with E-state index in [1.165, 1.54) is 4.90 Å². The molecule has 0 saturated carbocycles. The first-order valence-electron chi connectivity index (χ1n) is 9.10. The van der Waals surface area contributed by atoms with Gasteiger partial charge >= 0.3 is 0 Å². The third-order valence-electron chi connectivity index (χ3n) is 5.10. The van der Waals surface area contributed by atoms with Crippen LogP contribution >= 0.6 is 0 Å². The lowest BCUT2D eigenvalue weighted by atomic mass is 10.00. The highest BCUT2D eigenvalue weighted by molar-refractivity contribution is 6.03. The number of likely N-dealkylation sites (tertiary alicyclic amines) is 1. The third kappa shape index (κ3) is 3.39. The van der Waals surface area contributed by atoms with E-state index in [0.717, 1.165) is 17.5 Å². The van der Waals surface area contributed by atoms with Crippen LogP contribution in [-0.2, 0) is 4.79 Å². The van der Waals surface area contributed by atoms with Crippen molar-refractivity contribution in [3.63, 3.8) is 0 Å². The number of H-pyrrole nitrogens is 1. The summed E-state index contributed by atoms with van der Waals surface area (Å²) in [5.74, 6) is -4.16. The van der Waals surface area contributed by atoms with E-state index in [1.807, 2.05) is 16.7 Å². The number of alkyl halides is 2. The Morgan fingerprint density at radius 2 is 2.17 bits per heavy atom. The predicted molar refractivity (Wildman–Crippen MR) is 103 cm³/mol. The van der Waals surface area contributed by atoms with Gasteiger partial charge in [-0.1, -0.05) is 12.6 Å². The standard InChI is InChI=1S/C20H19F2N5O2/c1-2-18(28)24-17-12-26(10-7-20(17,21)22)19(29)13-11-16(14-6-8-23-25-14)27-9-4-3-5-15(13)27/h2-6,8-9,11,17H,1,7,10,12H2,(H,23,25)(H,24,28). The lowest BCUT2D eigenvalue weighted by molar-refractivity contribution is -0.124. The molecule has 7 nitrogen and oxygen atoms in total. The number of pyridine rings is 1. The van der Waals surface area contributed by atoms with E-state index in [1.54, 1.807) is 30.5 Å². The van der Waals surface area contributed by atoms with E-state index in [2.05, 4.69) is 22.1 Å². The van der Waals surface area contributed by atoms with Crippen molar-refractivity contribution in [2.45, 2.75) is 18.4 Å². The summed E-state index contributed by atoms with van der Waals surface area (Å²) in [6.45, 7) is 2.90. The fourth-order valence-electron chi connectivity index (χ4n) is 3.57. The summed E-state index contributed by atoms with van der Waals surface area (Å²) < 4.78 is 30.3. The van der Waals surface area contributed by atoms with Crippen molar-refractivity contribution in [2.75, 3.05) is 13.1 Å². The van der Waals surface area contributed by atoms with Gasteiger partial charge in [0.05, 0.1) is 22.5 Å². The number of rotatable bonds is 4. The molecule has 1 fully saturated rings. The summed E-state index contributed by atoms with van der Waals surface area (Å²) in [6, 6.07) is 7.47. The molecule has 150 valence electrons. The second-order valence-electron chi connectivity index (χ2n) is 6.90. The zero-order chi connectivity index (χ0) is 20.6. The summed E-state index contributed by atoms with van der Waals surface area (Å²) in [7, 11) is 0. The van der Waals surface area contributed by atoms with Gasteiger partial charge in [-0.2, -0.15) is 5.10 Å². The van der Waals surface area contributed by atoms with Gasteiger partial charge in [0.25, 0.3) is 11.8 Å². The Labute approximate surface area is 165 Å². The van der Waals surface area contributed by atoms with Crippen LogP contribution in [-0.4, -0.2) is 56.4 Å². The number of aromatic amines is 1. The number of aromatic nitrogens is 3. The van der Waals surface area contributed by atoms with Gasteiger partial charge in [0.2, 0.25) is 5.91 Å². The molecular weight excluding hydrogens is 380 g/mol. The molecule has 0 radical (unpaired) electrons. The van der Waals surface area contributed by atoms with E-state index >= 15 is 0 Å². The first-order chi connectivity index (χ1) is 13.9. The molecule has 0 spiro atoms. The number of nitrogens with one attached hydrogen (secondary N) is 2. The Morgan fingerprint density at radius 1 is 1.34 bits per heavy atom. The molecular formula is C20H19F2N5O2. The quantitative estimate of drug-likeness (QED) is 0.662. The van der Waals surface area contributed by atoms with Crippen molar-refractivity contribution >= 4 is 17.3 Å². The molecule has 3 aromatic heterocycles. The van der Waals surface area contributed by atoms with Crippen LogP contribution in [0.3, 0.4) is 0 Å². The van der Waals surface area contributed by atoms with Crippen molar-refractivity contribution in [3.8, 4) is 11.4 Å². The fraction of sp³-hybridized carbons (Fsp3) is 0.250. The molecule has 0 aliphatic carbocycles. The van der Waals surface area contributed by atoms with Crippen molar-refractivity contribution < 1.29 is 18.4 Å². The van der Waals surface area contributed by atoms with E-state index in [-0.39, 0.29) is 19.0 Å². The molecule has 2 N–H and O–H groups in total. The van der Waals surface area contributed by atoms with Crippen LogP contribution in [0.25, 0.3) is 16.9 Å². The minimum Gasteiger partial charge on any atom is -0.342 e. The number of fused-ring (bicyclic) bond motifs is 1. The van der Waals surface area contributed by atoms with Crippen LogP contribution in [0.4, 0.5) is 8.78 Å². The molecule has 0 bridgehead atoms. The number of nitrogens with zero attached hydrogens (tertiary/aromatic N) is 3. The van der Waals surface area contributed by atoms with Gasteiger partial charge in [0, 0.05) is 31.9 Å². The second-order valence-corrected chi connectivity index (χ2v) is 6.90. The maximum absolute atomic E-state index is 14.2. The summed E-state index contributed by atoms with van der Waals surface area (Å²) in [5.41, 5.74) is 2.52. The summed E-state index contributed by atoms with van der Waals surface area (Å²) in [6.07, 6.45) is 3.84. The van der Waals surface area contributed by atoms with Crippen molar-refractivity contribution in [3.05, 3.63) is 60.9 Å². The van der Waals surface area contributed by atoms with Crippen LogP contribution < -0.4 is 5.32 Å². The predicted octanol–water partition coefficient (Wildman–Crippen LogP) is 2.48. The largest absolute Gasteiger partial charge is 0.342 e. The molecule has 0 aromatic carbocycles. The van der Waals surface area contributed by atoms with Gasteiger partial charge in [-0.3, -0.25) is 14.7 Å². The van der Waals surface area contributed by atoms with E-state index in [9.17, 15) is 18.4 Å². The topological polar surface area (TPSA) is 82.5 Å². The van der Waals surface area contributed by atoms with E-state index in [4.69, 9.17) is 0 Å². The van der Waals surface area contributed by atoms with Crippen LogP contribution in [0, 0.1) is 0 Å². The van der Waals surface area contributed by atoms with Gasteiger partial charge in [-0.05, 0) is 30.3 Å². The molecule has 29 heavy (non-hydrogen) atoms. The average molecular weight is 399 g/mol. The first-order valence-corrected chi connectivity index (χ1v) is 9.10. The number of halogens is 2. The molecule has 1 atom stereocenters. The number of carbonyl (C=O) groups is 2. The molecule has 1 unspecified atom stereocenters. The maximum Gasteiger partial charge on any atom is 0.271 e. The fourth-order valence-corrected chi connectivity index (χ4v) is 3.57.